The number of ether oxygens (including phenoxy) is 3. The highest BCUT2D eigenvalue weighted by atomic mass is 19.4. The van der Waals surface area contributed by atoms with Gasteiger partial charge >= 0.3 is 6.18 Å². The molecule has 0 aliphatic heterocycles. The van der Waals surface area contributed by atoms with E-state index in [1.807, 2.05) is 0 Å². The Balaban J connectivity index is 1.82. The molecule has 7 nitrogen and oxygen atoms in total. The van der Waals surface area contributed by atoms with Crippen molar-refractivity contribution in [3.8, 4) is 17.2 Å². The maximum absolute atomic E-state index is 13.4. The number of carbonyl (C=O) groups is 1. The van der Waals surface area contributed by atoms with Gasteiger partial charge in [0.1, 0.15) is 12.3 Å². The number of hydrogen-bond donors (Lipinski definition) is 1. The number of hydrogen-bond acceptors (Lipinski definition) is 5. The number of rotatable bonds is 7. The van der Waals surface area contributed by atoms with Gasteiger partial charge in [0.2, 0.25) is 11.7 Å². The minimum Gasteiger partial charge on any atom is -0.496 e. The van der Waals surface area contributed by atoms with Crippen LogP contribution in [0.2, 0.25) is 0 Å². The normalized spacial score (nSPS) is 11.4. The third-order valence-electron chi connectivity index (χ3n) is 4.47. The van der Waals surface area contributed by atoms with Crippen LogP contribution in [0.15, 0.2) is 36.4 Å². The van der Waals surface area contributed by atoms with E-state index in [1.54, 1.807) is 24.3 Å². The fourth-order valence-electron chi connectivity index (χ4n) is 3.08. The van der Waals surface area contributed by atoms with Crippen LogP contribution in [0.1, 0.15) is 11.4 Å². The number of carbonyl (C=O) groups excluding carboxylic acids is 1. The van der Waals surface area contributed by atoms with E-state index >= 15 is 0 Å². The molecule has 0 bridgehead atoms. The Morgan fingerprint density at radius 2 is 1.67 bits per heavy atom. The summed E-state index contributed by atoms with van der Waals surface area (Å²) in [5, 5.41) is 2.61. The largest absolute Gasteiger partial charge is 0.496 e. The van der Waals surface area contributed by atoms with Crippen molar-refractivity contribution in [1.82, 2.24) is 14.9 Å². The molecule has 1 heterocycles. The van der Waals surface area contributed by atoms with Gasteiger partial charge in [0.25, 0.3) is 0 Å². The molecule has 10 heteroatoms. The van der Waals surface area contributed by atoms with Crippen LogP contribution >= 0.6 is 0 Å². The number of nitrogens with one attached hydrogen (secondary N) is 1. The van der Waals surface area contributed by atoms with Crippen molar-refractivity contribution in [1.29, 1.82) is 0 Å². The highest BCUT2D eigenvalue weighted by Crippen LogP contribution is 2.35. The molecule has 0 saturated heterocycles. The molecule has 2 aromatic carbocycles. The number of nitrogens with zero attached hydrogens (tertiary/aromatic N) is 2. The van der Waals surface area contributed by atoms with E-state index in [9.17, 15) is 18.0 Å². The van der Waals surface area contributed by atoms with Crippen molar-refractivity contribution in [3.05, 3.63) is 47.8 Å². The molecule has 30 heavy (non-hydrogen) atoms. The van der Waals surface area contributed by atoms with E-state index in [4.69, 9.17) is 14.2 Å². The molecule has 1 aromatic heterocycles. The monoisotopic (exact) mass is 423 g/mol. The second kappa shape index (κ2) is 8.52. The Morgan fingerprint density at radius 3 is 2.30 bits per heavy atom. The highest BCUT2D eigenvalue weighted by Gasteiger charge is 2.38. The van der Waals surface area contributed by atoms with Crippen LogP contribution in [0.25, 0.3) is 11.0 Å². The Kier molecular flexibility index (Phi) is 6.04. The number of aromatic nitrogens is 2. The molecule has 3 aromatic rings. The first-order chi connectivity index (χ1) is 14.3. The molecular formula is C20H20F3N3O4. The van der Waals surface area contributed by atoms with Crippen LogP contribution in [0.3, 0.4) is 0 Å². The molecule has 1 amide bonds. The zero-order valence-corrected chi connectivity index (χ0v) is 16.5. The topological polar surface area (TPSA) is 74.6 Å². The zero-order valence-electron chi connectivity index (χ0n) is 16.5. The highest BCUT2D eigenvalue weighted by molar-refractivity contribution is 5.81. The van der Waals surface area contributed by atoms with Gasteiger partial charge in [0, 0.05) is 18.2 Å². The molecule has 0 fully saturated rings. The van der Waals surface area contributed by atoms with Crippen molar-refractivity contribution in [2.45, 2.75) is 19.3 Å². The lowest BCUT2D eigenvalue weighted by Gasteiger charge is -2.15. The predicted molar refractivity (Wildman–Crippen MR) is 103 cm³/mol. The maximum Gasteiger partial charge on any atom is 0.449 e. The van der Waals surface area contributed by atoms with Crippen LogP contribution in [0, 0.1) is 0 Å². The smallest absolute Gasteiger partial charge is 0.449 e. The minimum absolute atomic E-state index is 0.0241. The predicted octanol–water partition coefficient (Wildman–Crippen LogP) is 3.40. The third-order valence-corrected chi connectivity index (χ3v) is 4.47. The van der Waals surface area contributed by atoms with E-state index in [-0.39, 0.29) is 17.6 Å². The van der Waals surface area contributed by atoms with E-state index in [1.165, 1.54) is 33.5 Å². The summed E-state index contributed by atoms with van der Waals surface area (Å²) in [6.07, 6.45) is -4.69. The lowest BCUT2D eigenvalue weighted by atomic mass is 10.1. The third kappa shape index (κ3) is 4.27. The lowest BCUT2D eigenvalue weighted by Crippen LogP contribution is -2.29. The van der Waals surface area contributed by atoms with Gasteiger partial charge in [-0.1, -0.05) is 12.1 Å². The minimum atomic E-state index is -4.69. The molecule has 3 rings (SSSR count). The average molecular weight is 423 g/mol. The van der Waals surface area contributed by atoms with Crippen molar-refractivity contribution in [2.24, 2.45) is 0 Å². The Hall–Kier alpha value is -3.43. The van der Waals surface area contributed by atoms with Crippen molar-refractivity contribution < 1.29 is 32.2 Å². The first-order valence-corrected chi connectivity index (χ1v) is 8.86. The Bertz CT molecular complexity index is 1060. The number of amides is 1. The molecule has 0 atom stereocenters. The van der Waals surface area contributed by atoms with Crippen molar-refractivity contribution in [3.63, 3.8) is 0 Å². The molecule has 160 valence electrons. The maximum atomic E-state index is 13.4. The number of benzene rings is 2. The second-order valence-electron chi connectivity index (χ2n) is 6.30. The summed E-state index contributed by atoms with van der Waals surface area (Å²) in [4.78, 5) is 16.1. The summed E-state index contributed by atoms with van der Waals surface area (Å²) in [7, 11) is 4.40. The number of methoxy groups -OCH3 is 3. The molecule has 0 unspecified atom stereocenters. The number of halogens is 3. The first kappa shape index (κ1) is 21.3. The molecule has 0 aliphatic carbocycles. The Morgan fingerprint density at radius 1 is 1.03 bits per heavy atom. The molecule has 0 spiro atoms. The van der Waals surface area contributed by atoms with Gasteiger partial charge in [-0.25, -0.2) is 4.98 Å². The number of alkyl halides is 3. The molecule has 0 aliphatic rings. The van der Waals surface area contributed by atoms with Gasteiger partial charge < -0.3 is 24.1 Å². The standard InChI is InChI=1S/C20H20F3N3O4/c1-28-15-9-17(30-3)16(29-2)8-12(15)10-24-18(27)11-26-14-7-5-4-6-13(14)25-19(26)20(21,22)23/h4-9H,10-11H2,1-3H3,(H,24,27). The summed E-state index contributed by atoms with van der Waals surface area (Å²) in [6, 6.07) is 9.36. The second-order valence-corrected chi connectivity index (χ2v) is 6.30. The first-order valence-electron chi connectivity index (χ1n) is 8.86. The lowest BCUT2D eigenvalue weighted by molar-refractivity contribution is -0.147. The van der Waals surface area contributed by atoms with Crippen LogP contribution in [0.5, 0.6) is 17.2 Å². The van der Waals surface area contributed by atoms with Crippen LogP contribution in [0.4, 0.5) is 13.2 Å². The quantitative estimate of drug-likeness (QED) is 0.631. The molecular weight excluding hydrogens is 403 g/mol. The fourth-order valence-corrected chi connectivity index (χ4v) is 3.08. The van der Waals surface area contributed by atoms with E-state index in [0.29, 0.717) is 22.8 Å². The van der Waals surface area contributed by atoms with Gasteiger partial charge in [-0.2, -0.15) is 13.2 Å². The van der Waals surface area contributed by atoms with Crippen molar-refractivity contribution in [2.75, 3.05) is 21.3 Å². The number of fused-ring (bicyclic) bond motifs is 1. The molecule has 1 N–H and O–H groups in total. The summed E-state index contributed by atoms with van der Waals surface area (Å²) in [5.41, 5.74) is 0.970. The molecule has 0 saturated carbocycles. The summed E-state index contributed by atoms with van der Waals surface area (Å²) in [6.45, 7) is -0.513. The van der Waals surface area contributed by atoms with E-state index in [0.717, 1.165) is 4.57 Å². The average Bonchev–Trinajstić information content (AvgIpc) is 3.10. The fraction of sp³-hybridized carbons (Fsp3) is 0.300. The van der Waals surface area contributed by atoms with Gasteiger partial charge in [0.05, 0.1) is 32.4 Å². The van der Waals surface area contributed by atoms with Gasteiger partial charge in [-0.05, 0) is 18.2 Å². The SMILES string of the molecule is COc1cc(OC)c(OC)cc1CNC(=O)Cn1c(C(F)(F)F)nc2ccccc21. The van der Waals surface area contributed by atoms with Crippen LogP contribution in [-0.2, 0) is 24.1 Å². The Labute approximate surface area is 170 Å². The number of imidazole rings is 1. The summed E-state index contributed by atoms with van der Waals surface area (Å²) >= 11 is 0. The van der Waals surface area contributed by atoms with E-state index < -0.39 is 24.5 Å². The van der Waals surface area contributed by atoms with Crippen molar-refractivity contribution >= 4 is 16.9 Å². The summed E-state index contributed by atoms with van der Waals surface area (Å²) < 4.78 is 56.8. The zero-order chi connectivity index (χ0) is 21.9. The van der Waals surface area contributed by atoms with E-state index in [2.05, 4.69) is 10.3 Å². The van der Waals surface area contributed by atoms with Gasteiger partial charge in [-0.3, -0.25) is 4.79 Å². The van der Waals surface area contributed by atoms with Crippen LogP contribution in [-0.4, -0.2) is 36.8 Å². The summed E-state index contributed by atoms with van der Waals surface area (Å²) in [5.74, 6) is -0.410. The number of para-hydroxylation sites is 2. The van der Waals surface area contributed by atoms with Crippen LogP contribution < -0.4 is 19.5 Å². The molecule has 0 radical (unpaired) electrons. The van der Waals surface area contributed by atoms with Gasteiger partial charge in [-0.15, -0.1) is 0 Å². The van der Waals surface area contributed by atoms with Gasteiger partial charge in [0.15, 0.2) is 11.5 Å².